The fraction of sp³-hybridized carbons (Fsp3) is 0.172. The van der Waals surface area contributed by atoms with Crippen LogP contribution in [0.3, 0.4) is 0 Å². The van der Waals surface area contributed by atoms with Crippen LogP contribution in [0.2, 0.25) is 15.1 Å². The molecule has 0 saturated carbocycles. The van der Waals surface area contributed by atoms with Crippen LogP contribution in [0.4, 0.5) is 5.95 Å². The number of nitrogens with two attached hydrogens (primary N) is 1. The topological polar surface area (TPSA) is 162 Å². The molecule has 4 atom stereocenters. The summed E-state index contributed by atoms with van der Waals surface area (Å²) in [7, 11) is 0. The molecule has 1 saturated heterocycles. The van der Waals surface area contributed by atoms with Crippen molar-refractivity contribution < 1.29 is 33.3 Å². The molecule has 1 unspecified atom stereocenters. The summed E-state index contributed by atoms with van der Waals surface area (Å²) >= 11 is 17.8. The minimum Gasteiger partial charge on any atom is -0.459 e. The summed E-state index contributed by atoms with van der Waals surface area (Å²) in [6, 6.07) is 17.6. The lowest BCUT2D eigenvalue weighted by molar-refractivity contribution is -0.0643. The van der Waals surface area contributed by atoms with E-state index in [1.54, 1.807) is 0 Å². The van der Waals surface area contributed by atoms with E-state index < -0.39 is 54.7 Å². The highest BCUT2D eigenvalue weighted by atomic mass is 35.5. The van der Waals surface area contributed by atoms with Crippen LogP contribution in [0.1, 0.15) is 37.3 Å². The number of benzene rings is 3. The molecule has 4 aromatic rings. The van der Waals surface area contributed by atoms with Crippen molar-refractivity contribution in [3.8, 4) is 0 Å². The molecule has 1 aromatic heterocycles. The van der Waals surface area contributed by atoms with Crippen molar-refractivity contribution in [3.05, 3.63) is 121 Å². The van der Waals surface area contributed by atoms with E-state index in [-0.39, 0.29) is 22.6 Å². The Labute approximate surface area is 264 Å². The van der Waals surface area contributed by atoms with Gasteiger partial charge in [-0.05, 0) is 72.8 Å². The Morgan fingerprint density at radius 3 is 1.68 bits per heavy atom. The normalized spacial score (nSPS) is 19.2. The highest BCUT2D eigenvalue weighted by Crippen LogP contribution is 2.35. The van der Waals surface area contributed by atoms with Crippen LogP contribution in [0, 0.1) is 0 Å². The Hall–Kier alpha value is -4.49. The summed E-state index contributed by atoms with van der Waals surface area (Å²) in [4.78, 5) is 59.5. The maximum absolute atomic E-state index is 13.2. The van der Waals surface area contributed by atoms with Crippen molar-refractivity contribution in [2.45, 2.75) is 24.5 Å². The molecule has 5 rings (SSSR count). The monoisotopic (exact) mass is 658 g/mol. The molecule has 0 bridgehead atoms. The Kier molecular flexibility index (Phi) is 9.45. The number of esters is 3. The number of hydrogen-bond acceptors (Lipinski definition) is 11. The van der Waals surface area contributed by atoms with Crippen LogP contribution in [-0.4, -0.2) is 57.4 Å². The molecule has 0 amide bonds. The predicted octanol–water partition coefficient (Wildman–Crippen LogP) is 4.39. The zero-order valence-electron chi connectivity index (χ0n) is 22.3. The number of carbonyl (C=O) groups is 3. The lowest BCUT2D eigenvalue weighted by atomic mass is 10.1. The third-order valence-electron chi connectivity index (χ3n) is 6.41. The molecule has 0 radical (unpaired) electrons. The van der Waals surface area contributed by atoms with Crippen molar-refractivity contribution in [2.24, 2.45) is 0 Å². The second kappa shape index (κ2) is 13.4. The summed E-state index contributed by atoms with van der Waals surface area (Å²) in [5, 5.41) is 1.18. The highest BCUT2D eigenvalue weighted by Gasteiger charge is 2.52. The molecule has 1 aliphatic heterocycles. The van der Waals surface area contributed by atoms with Gasteiger partial charge in [0.2, 0.25) is 5.95 Å². The van der Waals surface area contributed by atoms with E-state index in [4.69, 9.17) is 59.5 Å². The second-order valence-electron chi connectivity index (χ2n) is 9.33. The number of nitrogens with zero attached hydrogens (tertiary/aromatic N) is 3. The summed E-state index contributed by atoms with van der Waals surface area (Å²) in [6.45, 7) is -0.476. The SMILES string of the molecule is Nc1ncn([C@@H]2O[C@H](COC(=O)c3ccc(Cl)cc3)[C@H](OC(=O)c3ccc(Cl)cc3)C2OC(=O)c2ccc(Cl)cc2)c(=O)n1. The summed E-state index contributed by atoms with van der Waals surface area (Å²) in [5.74, 6) is -2.73. The van der Waals surface area contributed by atoms with E-state index in [1.807, 2.05) is 0 Å². The Bertz CT molecular complexity index is 1730. The number of carbonyl (C=O) groups excluding carboxylic acids is 3. The average Bonchev–Trinajstić information content (AvgIpc) is 3.32. The molecule has 0 aliphatic carbocycles. The number of halogens is 3. The van der Waals surface area contributed by atoms with E-state index in [9.17, 15) is 19.2 Å². The fourth-order valence-corrected chi connectivity index (χ4v) is 4.62. The van der Waals surface area contributed by atoms with Crippen LogP contribution in [-0.2, 0) is 18.9 Å². The van der Waals surface area contributed by atoms with Gasteiger partial charge in [-0.2, -0.15) is 4.98 Å². The molecule has 15 heteroatoms. The van der Waals surface area contributed by atoms with E-state index in [0.29, 0.717) is 15.1 Å². The molecule has 2 N–H and O–H groups in total. The van der Waals surface area contributed by atoms with E-state index in [1.165, 1.54) is 72.8 Å². The average molecular weight is 660 g/mol. The van der Waals surface area contributed by atoms with Crippen molar-refractivity contribution in [1.29, 1.82) is 0 Å². The van der Waals surface area contributed by atoms with Crippen molar-refractivity contribution in [1.82, 2.24) is 14.5 Å². The number of aromatic nitrogens is 3. The molecule has 12 nitrogen and oxygen atoms in total. The third-order valence-corrected chi connectivity index (χ3v) is 7.17. The minimum atomic E-state index is -1.46. The Morgan fingerprint density at radius 1 is 0.750 bits per heavy atom. The predicted molar refractivity (Wildman–Crippen MR) is 158 cm³/mol. The maximum Gasteiger partial charge on any atom is 0.354 e. The number of hydrogen-bond donors (Lipinski definition) is 1. The quantitative estimate of drug-likeness (QED) is 0.211. The third kappa shape index (κ3) is 7.17. The van der Waals surface area contributed by atoms with Gasteiger partial charge in [-0.15, -0.1) is 0 Å². The largest absolute Gasteiger partial charge is 0.459 e. The first-order valence-electron chi connectivity index (χ1n) is 12.8. The summed E-state index contributed by atoms with van der Waals surface area (Å²) in [5.41, 5.74) is 5.07. The van der Waals surface area contributed by atoms with Gasteiger partial charge in [0, 0.05) is 15.1 Å². The molecule has 0 spiro atoms. The second-order valence-corrected chi connectivity index (χ2v) is 10.6. The zero-order valence-corrected chi connectivity index (χ0v) is 24.6. The highest BCUT2D eigenvalue weighted by molar-refractivity contribution is 6.31. The molecular weight excluding hydrogens is 639 g/mol. The van der Waals surface area contributed by atoms with Gasteiger partial charge in [0.05, 0.1) is 16.7 Å². The fourth-order valence-electron chi connectivity index (χ4n) is 4.25. The number of nitrogen functional groups attached to an aromatic ring is 1. The molecular formula is C29H21Cl3N4O8. The summed E-state index contributed by atoms with van der Waals surface area (Å²) in [6.07, 6.45) is -4.49. The number of anilines is 1. The van der Waals surface area contributed by atoms with Crippen LogP contribution in [0.25, 0.3) is 0 Å². The van der Waals surface area contributed by atoms with Crippen LogP contribution >= 0.6 is 34.8 Å². The van der Waals surface area contributed by atoms with Gasteiger partial charge in [0.1, 0.15) is 19.0 Å². The van der Waals surface area contributed by atoms with Gasteiger partial charge in [-0.1, -0.05) is 34.8 Å². The van der Waals surface area contributed by atoms with Crippen LogP contribution in [0.15, 0.2) is 83.9 Å². The minimum absolute atomic E-state index is 0.106. The first-order valence-corrected chi connectivity index (χ1v) is 13.9. The number of rotatable bonds is 8. The standard InChI is InChI=1S/C29H21Cl3N4O8/c30-18-7-1-15(2-8-18)25(37)41-13-21-22(43-26(38)16-3-9-19(31)10-4-16)23(44-27(39)17-5-11-20(32)12-6-17)24(42-21)36-14-34-28(33)35-29(36)40/h1-12,14,21-24H,13H2,(H2,33,35,40)/t21-,22+,23?,24-/m1/s1. The molecule has 44 heavy (non-hydrogen) atoms. The smallest absolute Gasteiger partial charge is 0.354 e. The first-order chi connectivity index (χ1) is 21.1. The Balaban J connectivity index is 1.49. The molecule has 1 fully saturated rings. The maximum atomic E-state index is 13.2. The van der Waals surface area contributed by atoms with Gasteiger partial charge in [-0.3, -0.25) is 4.57 Å². The van der Waals surface area contributed by atoms with Crippen molar-refractivity contribution in [2.75, 3.05) is 12.3 Å². The first kappa shape index (κ1) is 31.0. The lowest BCUT2D eigenvalue weighted by Crippen LogP contribution is -2.42. The van der Waals surface area contributed by atoms with Crippen LogP contribution in [0.5, 0.6) is 0 Å². The van der Waals surface area contributed by atoms with Gasteiger partial charge < -0.3 is 24.7 Å². The Morgan fingerprint density at radius 2 is 1.20 bits per heavy atom. The molecule has 3 aromatic carbocycles. The van der Waals surface area contributed by atoms with Gasteiger partial charge in [-0.25, -0.2) is 24.2 Å². The van der Waals surface area contributed by atoms with Gasteiger partial charge in [0.25, 0.3) is 0 Å². The van der Waals surface area contributed by atoms with E-state index >= 15 is 0 Å². The lowest BCUT2D eigenvalue weighted by Gasteiger charge is -2.25. The van der Waals surface area contributed by atoms with Gasteiger partial charge in [0.15, 0.2) is 18.4 Å². The van der Waals surface area contributed by atoms with Gasteiger partial charge >= 0.3 is 23.6 Å². The van der Waals surface area contributed by atoms with Crippen LogP contribution < -0.4 is 11.4 Å². The number of ether oxygens (including phenoxy) is 4. The van der Waals surface area contributed by atoms with E-state index in [0.717, 1.165) is 10.9 Å². The molecule has 2 heterocycles. The molecule has 1 aliphatic rings. The van der Waals surface area contributed by atoms with Crippen molar-refractivity contribution in [3.63, 3.8) is 0 Å². The van der Waals surface area contributed by atoms with E-state index in [2.05, 4.69) is 9.97 Å². The summed E-state index contributed by atoms with van der Waals surface area (Å²) < 4.78 is 24.0. The zero-order chi connectivity index (χ0) is 31.4. The van der Waals surface area contributed by atoms with Crippen molar-refractivity contribution >= 4 is 58.7 Å². The molecule has 226 valence electrons.